The third-order valence-electron chi connectivity index (χ3n) is 2.39. The van der Waals surface area contributed by atoms with E-state index < -0.39 is 5.97 Å². The highest BCUT2D eigenvalue weighted by Crippen LogP contribution is 2.17. The van der Waals surface area contributed by atoms with Crippen molar-refractivity contribution in [2.75, 3.05) is 13.7 Å². The second-order valence-electron chi connectivity index (χ2n) is 3.40. The van der Waals surface area contributed by atoms with Crippen molar-refractivity contribution in [2.45, 2.75) is 6.54 Å². The summed E-state index contributed by atoms with van der Waals surface area (Å²) < 4.78 is 6.61. The van der Waals surface area contributed by atoms with Gasteiger partial charge in [0.2, 0.25) is 0 Å². The van der Waals surface area contributed by atoms with Gasteiger partial charge in [-0.3, -0.25) is 0 Å². The fourth-order valence-electron chi connectivity index (χ4n) is 1.67. The average molecular weight is 220 g/mol. The van der Waals surface area contributed by atoms with Crippen molar-refractivity contribution in [1.82, 2.24) is 9.55 Å². The largest absolute Gasteiger partial charge is 0.477 e. The topological polar surface area (TPSA) is 64.3 Å². The first-order valence-electron chi connectivity index (χ1n) is 4.90. The van der Waals surface area contributed by atoms with E-state index in [1.807, 2.05) is 6.07 Å². The number of carbonyl (C=O) groups is 1. The van der Waals surface area contributed by atoms with Gasteiger partial charge in [0.25, 0.3) is 0 Å². The van der Waals surface area contributed by atoms with Crippen molar-refractivity contribution >= 4 is 17.0 Å². The van der Waals surface area contributed by atoms with Crippen LogP contribution in [0.1, 0.15) is 10.5 Å². The molecule has 0 aliphatic carbocycles. The van der Waals surface area contributed by atoms with Gasteiger partial charge >= 0.3 is 5.97 Å². The van der Waals surface area contributed by atoms with Crippen LogP contribution in [-0.4, -0.2) is 34.3 Å². The lowest BCUT2D eigenvalue weighted by molar-refractivity contribution is 0.0683. The second kappa shape index (κ2) is 4.32. The third kappa shape index (κ3) is 1.77. The summed E-state index contributed by atoms with van der Waals surface area (Å²) in [6, 6.07) is 5.26. The number of hydrogen-bond donors (Lipinski definition) is 1. The minimum absolute atomic E-state index is 0.241. The molecule has 0 amide bonds. The van der Waals surface area contributed by atoms with Crippen LogP contribution in [0, 0.1) is 0 Å². The van der Waals surface area contributed by atoms with Gasteiger partial charge in [-0.15, -0.1) is 0 Å². The Morgan fingerprint density at radius 2 is 2.44 bits per heavy atom. The number of carboxylic acid groups (broad SMARTS) is 1. The van der Waals surface area contributed by atoms with E-state index in [4.69, 9.17) is 9.84 Å². The highest BCUT2D eigenvalue weighted by atomic mass is 16.5. The summed E-state index contributed by atoms with van der Waals surface area (Å²) in [7, 11) is 1.58. The SMILES string of the molecule is COCCn1c(C(=O)O)cc2cccnc21. The molecule has 0 aliphatic heterocycles. The van der Waals surface area contributed by atoms with E-state index in [0.29, 0.717) is 18.8 Å². The Bertz CT molecular complexity index is 519. The zero-order valence-corrected chi connectivity index (χ0v) is 8.88. The molecule has 0 atom stereocenters. The van der Waals surface area contributed by atoms with Crippen molar-refractivity contribution in [1.29, 1.82) is 0 Å². The molecule has 5 nitrogen and oxygen atoms in total. The lowest BCUT2D eigenvalue weighted by Crippen LogP contribution is -2.12. The number of methoxy groups -OCH3 is 1. The van der Waals surface area contributed by atoms with Gasteiger partial charge < -0.3 is 14.4 Å². The van der Waals surface area contributed by atoms with Crippen molar-refractivity contribution in [3.8, 4) is 0 Å². The van der Waals surface area contributed by atoms with Crippen LogP contribution >= 0.6 is 0 Å². The predicted molar refractivity (Wildman–Crippen MR) is 58.6 cm³/mol. The summed E-state index contributed by atoms with van der Waals surface area (Å²) in [4.78, 5) is 15.2. The molecule has 5 heteroatoms. The number of rotatable bonds is 4. The molecule has 84 valence electrons. The third-order valence-corrected chi connectivity index (χ3v) is 2.39. The number of hydrogen-bond acceptors (Lipinski definition) is 3. The molecule has 0 aliphatic rings. The summed E-state index contributed by atoms with van der Waals surface area (Å²) in [6.07, 6.45) is 1.65. The first kappa shape index (κ1) is 10.6. The number of aromatic carboxylic acids is 1. The normalized spacial score (nSPS) is 10.8. The van der Waals surface area contributed by atoms with Gasteiger partial charge in [0.05, 0.1) is 6.61 Å². The van der Waals surface area contributed by atoms with Crippen molar-refractivity contribution in [3.05, 3.63) is 30.1 Å². The van der Waals surface area contributed by atoms with E-state index in [0.717, 1.165) is 5.39 Å². The first-order chi connectivity index (χ1) is 7.74. The zero-order chi connectivity index (χ0) is 11.5. The Morgan fingerprint density at radius 3 is 3.12 bits per heavy atom. The van der Waals surface area contributed by atoms with Crippen LogP contribution < -0.4 is 0 Å². The molecule has 0 saturated carbocycles. The van der Waals surface area contributed by atoms with Crippen LogP contribution in [-0.2, 0) is 11.3 Å². The minimum atomic E-state index is -0.950. The number of aromatic nitrogens is 2. The maximum absolute atomic E-state index is 11.1. The van der Waals surface area contributed by atoms with E-state index >= 15 is 0 Å². The molecule has 2 heterocycles. The number of pyridine rings is 1. The Kier molecular flexibility index (Phi) is 2.87. The zero-order valence-electron chi connectivity index (χ0n) is 8.88. The first-order valence-corrected chi connectivity index (χ1v) is 4.90. The van der Waals surface area contributed by atoms with E-state index in [1.54, 1.807) is 30.0 Å². The Hall–Kier alpha value is -1.88. The monoisotopic (exact) mass is 220 g/mol. The van der Waals surface area contributed by atoms with Gasteiger partial charge in [-0.2, -0.15) is 0 Å². The van der Waals surface area contributed by atoms with Gasteiger partial charge in [-0.05, 0) is 18.2 Å². The van der Waals surface area contributed by atoms with Crippen LogP contribution in [0.5, 0.6) is 0 Å². The Labute approximate surface area is 92.3 Å². The lowest BCUT2D eigenvalue weighted by Gasteiger charge is -2.06. The standard InChI is InChI=1S/C11H12N2O3/c1-16-6-5-13-9(11(14)15)7-8-3-2-4-12-10(8)13/h2-4,7H,5-6H2,1H3,(H,14,15). The Morgan fingerprint density at radius 1 is 1.62 bits per heavy atom. The molecule has 2 rings (SSSR count). The number of ether oxygens (including phenoxy) is 1. The smallest absolute Gasteiger partial charge is 0.352 e. The predicted octanol–water partition coefficient (Wildman–Crippen LogP) is 1.38. The van der Waals surface area contributed by atoms with Crippen LogP contribution in [0.4, 0.5) is 0 Å². The molecular formula is C11H12N2O3. The minimum Gasteiger partial charge on any atom is -0.477 e. The number of carboxylic acids is 1. The molecule has 0 spiro atoms. The molecule has 0 radical (unpaired) electrons. The van der Waals surface area contributed by atoms with Gasteiger partial charge in [-0.1, -0.05) is 0 Å². The van der Waals surface area contributed by atoms with E-state index in [9.17, 15) is 4.79 Å². The maximum Gasteiger partial charge on any atom is 0.352 e. The Balaban J connectivity index is 2.55. The maximum atomic E-state index is 11.1. The molecule has 0 fully saturated rings. The van der Waals surface area contributed by atoms with Gasteiger partial charge in [0, 0.05) is 25.2 Å². The van der Waals surface area contributed by atoms with Crippen molar-refractivity contribution in [2.24, 2.45) is 0 Å². The quantitative estimate of drug-likeness (QED) is 0.845. The van der Waals surface area contributed by atoms with Gasteiger partial charge in [0.1, 0.15) is 11.3 Å². The molecule has 0 unspecified atom stereocenters. The van der Waals surface area contributed by atoms with Crippen LogP contribution in [0.15, 0.2) is 24.4 Å². The van der Waals surface area contributed by atoms with E-state index in [1.165, 1.54) is 0 Å². The van der Waals surface area contributed by atoms with Gasteiger partial charge in [-0.25, -0.2) is 9.78 Å². The average Bonchev–Trinajstić information content (AvgIpc) is 2.65. The molecule has 16 heavy (non-hydrogen) atoms. The van der Waals surface area contributed by atoms with Crippen molar-refractivity contribution < 1.29 is 14.6 Å². The number of nitrogens with zero attached hydrogens (tertiary/aromatic N) is 2. The van der Waals surface area contributed by atoms with Gasteiger partial charge in [0.15, 0.2) is 0 Å². The summed E-state index contributed by atoms with van der Waals surface area (Å²) >= 11 is 0. The summed E-state index contributed by atoms with van der Waals surface area (Å²) in [5.41, 5.74) is 0.919. The van der Waals surface area contributed by atoms with Crippen molar-refractivity contribution in [3.63, 3.8) is 0 Å². The highest BCUT2D eigenvalue weighted by Gasteiger charge is 2.14. The molecule has 2 aromatic heterocycles. The van der Waals surface area contributed by atoms with E-state index in [-0.39, 0.29) is 5.69 Å². The molecule has 0 saturated heterocycles. The second-order valence-corrected chi connectivity index (χ2v) is 3.40. The van der Waals surface area contributed by atoms with Crippen LogP contribution in [0.25, 0.3) is 11.0 Å². The summed E-state index contributed by atoms with van der Waals surface area (Å²) in [5.74, 6) is -0.950. The molecule has 0 bridgehead atoms. The van der Waals surface area contributed by atoms with E-state index in [2.05, 4.69) is 4.98 Å². The number of fused-ring (bicyclic) bond motifs is 1. The molecule has 2 aromatic rings. The fraction of sp³-hybridized carbons (Fsp3) is 0.273. The summed E-state index contributed by atoms with van der Waals surface area (Å²) in [6.45, 7) is 0.944. The molecule has 1 N–H and O–H groups in total. The highest BCUT2D eigenvalue weighted by molar-refractivity contribution is 5.93. The van der Waals surface area contributed by atoms with Crippen LogP contribution in [0.3, 0.4) is 0 Å². The molecular weight excluding hydrogens is 208 g/mol. The summed E-state index contributed by atoms with van der Waals surface area (Å²) in [5, 5.41) is 9.91. The van der Waals surface area contributed by atoms with Crippen LogP contribution in [0.2, 0.25) is 0 Å². The lowest BCUT2D eigenvalue weighted by atomic mass is 10.3. The molecule has 0 aromatic carbocycles. The fourth-order valence-corrected chi connectivity index (χ4v) is 1.67.